The number of phenols is 1. The van der Waals surface area contributed by atoms with Gasteiger partial charge < -0.3 is 10.8 Å². The van der Waals surface area contributed by atoms with Gasteiger partial charge in [0.05, 0.1) is 5.41 Å². The molecule has 0 aliphatic heterocycles. The van der Waals surface area contributed by atoms with Gasteiger partial charge in [0.2, 0.25) is 5.91 Å². The zero-order chi connectivity index (χ0) is 11.5. The minimum atomic E-state index is -0.437. The molecular formula is C12H17NO2. The average Bonchev–Trinajstić information content (AvgIpc) is 3.03. The van der Waals surface area contributed by atoms with Gasteiger partial charge in [0.1, 0.15) is 5.75 Å². The van der Waals surface area contributed by atoms with Crippen molar-refractivity contribution in [2.75, 3.05) is 0 Å². The van der Waals surface area contributed by atoms with Crippen LogP contribution in [0.3, 0.4) is 0 Å². The van der Waals surface area contributed by atoms with Crippen molar-refractivity contribution in [3.63, 3.8) is 0 Å². The van der Waals surface area contributed by atoms with Crippen molar-refractivity contribution in [3.8, 4) is 5.75 Å². The zero-order valence-electron chi connectivity index (χ0n) is 9.16. The van der Waals surface area contributed by atoms with Gasteiger partial charge in [-0.15, -0.1) is 0 Å². The molecule has 15 heavy (non-hydrogen) atoms. The van der Waals surface area contributed by atoms with Crippen molar-refractivity contribution in [1.29, 1.82) is 0 Å². The third kappa shape index (κ3) is 2.12. The van der Waals surface area contributed by atoms with Crippen LogP contribution < -0.4 is 5.73 Å². The molecule has 82 valence electrons. The molecule has 0 aromatic heterocycles. The Balaban J connectivity index is 0.000000531. The standard InChI is InChI=1S/C10H11NO2.C2H6/c11-9(13)10(5-6-10)7-1-3-8(12)4-2-7;1-2/h1-4,12H,5-6H2,(H2,11,13);1-2H3. The molecule has 0 bridgehead atoms. The Morgan fingerprint density at radius 3 is 2.07 bits per heavy atom. The number of aromatic hydroxyl groups is 1. The SMILES string of the molecule is CC.NC(=O)C1(c2ccc(O)cc2)CC1. The highest BCUT2D eigenvalue weighted by Crippen LogP contribution is 2.47. The quantitative estimate of drug-likeness (QED) is 0.778. The van der Waals surface area contributed by atoms with Crippen LogP contribution in [0.15, 0.2) is 24.3 Å². The van der Waals surface area contributed by atoms with E-state index in [4.69, 9.17) is 10.8 Å². The van der Waals surface area contributed by atoms with E-state index < -0.39 is 5.41 Å². The van der Waals surface area contributed by atoms with Gasteiger partial charge in [-0.1, -0.05) is 26.0 Å². The first-order chi connectivity index (χ1) is 7.15. The van der Waals surface area contributed by atoms with Gasteiger partial charge >= 0.3 is 0 Å². The maximum atomic E-state index is 11.1. The molecule has 1 aliphatic rings. The number of nitrogens with two attached hydrogens (primary N) is 1. The number of amides is 1. The molecule has 2 rings (SSSR count). The van der Waals surface area contributed by atoms with Gasteiger partial charge in [0.15, 0.2) is 0 Å². The van der Waals surface area contributed by atoms with Crippen molar-refractivity contribution < 1.29 is 9.90 Å². The fraction of sp³-hybridized carbons (Fsp3) is 0.417. The third-order valence-electron chi connectivity index (χ3n) is 2.64. The summed E-state index contributed by atoms with van der Waals surface area (Å²) in [6.07, 6.45) is 1.65. The second-order valence-corrected chi connectivity index (χ2v) is 3.49. The average molecular weight is 207 g/mol. The summed E-state index contributed by atoms with van der Waals surface area (Å²) in [4.78, 5) is 11.1. The Morgan fingerprint density at radius 2 is 1.73 bits per heavy atom. The molecule has 0 unspecified atom stereocenters. The van der Waals surface area contributed by atoms with E-state index in [9.17, 15) is 4.79 Å². The number of phenolic OH excluding ortho intramolecular Hbond substituents is 1. The lowest BCUT2D eigenvalue weighted by molar-refractivity contribution is -0.120. The van der Waals surface area contributed by atoms with E-state index in [1.54, 1.807) is 24.3 Å². The van der Waals surface area contributed by atoms with Crippen molar-refractivity contribution in [2.45, 2.75) is 32.1 Å². The largest absolute Gasteiger partial charge is 0.508 e. The molecule has 0 heterocycles. The molecule has 0 radical (unpaired) electrons. The van der Waals surface area contributed by atoms with Crippen LogP contribution in [0.1, 0.15) is 32.3 Å². The lowest BCUT2D eigenvalue weighted by atomic mass is 9.95. The number of carbonyl (C=O) groups excluding carboxylic acids is 1. The number of rotatable bonds is 2. The minimum absolute atomic E-state index is 0.212. The second-order valence-electron chi connectivity index (χ2n) is 3.49. The van der Waals surface area contributed by atoms with Crippen LogP contribution in [0.25, 0.3) is 0 Å². The summed E-state index contributed by atoms with van der Waals surface area (Å²) in [5.74, 6) is -0.0535. The molecule has 3 nitrogen and oxygen atoms in total. The zero-order valence-corrected chi connectivity index (χ0v) is 9.16. The van der Waals surface area contributed by atoms with Gasteiger partial charge in [0.25, 0.3) is 0 Å². The molecule has 1 saturated carbocycles. The number of benzene rings is 1. The van der Waals surface area contributed by atoms with Crippen LogP contribution >= 0.6 is 0 Å². The molecule has 0 saturated heterocycles. The third-order valence-corrected chi connectivity index (χ3v) is 2.64. The Morgan fingerprint density at radius 1 is 1.27 bits per heavy atom. The smallest absolute Gasteiger partial charge is 0.228 e. The van der Waals surface area contributed by atoms with Gasteiger partial charge in [-0.25, -0.2) is 0 Å². The minimum Gasteiger partial charge on any atom is -0.508 e. The number of carbonyl (C=O) groups is 1. The van der Waals surface area contributed by atoms with Gasteiger partial charge in [-0.05, 0) is 30.5 Å². The van der Waals surface area contributed by atoms with E-state index in [-0.39, 0.29) is 11.7 Å². The van der Waals surface area contributed by atoms with Crippen LogP contribution in [-0.4, -0.2) is 11.0 Å². The first kappa shape index (κ1) is 11.6. The molecule has 0 atom stereocenters. The molecule has 1 aromatic carbocycles. The molecule has 1 amide bonds. The summed E-state index contributed by atoms with van der Waals surface area (Å²) < 4.78 is 0. The van der Waals surface area contributed by atoms with Gasteiger partial charge in [-0.2, -0.15) is 0 Å². The van der Waals surface area contributed by atoms with Crippen molar-refractivity contribution in [1.82, 2.24) is 0 Å². The predicted octanol–water partition coefficient (Wildman–Crippen LogP) is 1.94. The maximum absolute atomic E-state index is 11.1. The Hall–Kier alpha value is -1.51. The summed E-state index contributed by atoms with van der Waals surface area (Å²) in [7, 11) is 0. The fourth-order valence-electron chi connectivity index (χ4n) is 1.58. The molecule has 1 fully saturated rings. The van der Waals surface area contributed by atoms with Crippen LogP contribution in [0.5, 0.6) is 5.75 Å². The number of primary amides is 1. The highest BCUT2D eigenvalue weighted by molar-refractivity contribution is 5.89. The number of hydrogen-bond donors (Lipinski definition) is 2. The molecule has 1 aromatic rings. The molecular weight excluding hydrogens is 190 g/mol. The van der Waals surface area contributed by atoms with Crippen LogP contribution in [0.2, 0.25) is 0 Å². The van der Waals surface area contributed by atoms with E-state index in [0.717, 1.165) is 18.4 Å². The number of hydrogen-bond acceptors (Lipinski definition) is 2. The summed E-state index contributed by atoms with van der Waals surface area (Å²) in [5.41, 5.74) is 5.78. The highest BCUT2D eigenvalue weighted by atomic mass is 16.3. The van der Waals surface area contributed by atoms with E-state index in [1.165, 1.54) is 0 Å². The predicted molar refractivity (Wildman–Crippen MR) is 59.6 cm³/mol. The Bertz CT molecular complexity index is 339. The lowest BCUT2D eigenvalue weighted by Crippen LogP contribution is -2.28. The van der Waals surface area contributed by atoms with Crippen molar-refractivity contribution in [3.05, 3.63) is 29.8 Å². The van der Waals surface area contributed by atoms with Crippen molar-refractivity contribution >= 4 is 5.91 Å². The topological polar surface area (TPSA) is 63.3 Å². The summed E-state index contributed by atoms with van der Waals surface area (Å²) in [5, 5.41) is 9.07. The van der Waals surface area contributed by atoms with E-state index in [2.05, 4.69) is 0 Å². The molecule has 3 heteroatoms. The molecule has 0 spiro atoms. The van der Waals surface area contributed by atoms with E-state index in [1.807, 2.05) is 13.8 Å². The Labute approximate surface area is 89.9 Å². The molecule has 3 N–H and O–H groups in total. The van der Waals surface area contributed by atoms with E-state index in [0.29, 0.717) is 0 Å². The van der Waals surface area contributed by atoms with Crippen LogP contribution in [0.4, 0.5) is 0 Å². The Kier molecular flexibility index (Phi) is 3.35. The maximum Gasteiger partial charge on any atom is 0.228 e. The van der Waals surface area contributed by atoms with Crippen LogP contribution in [-0.2, 0) is 10.2 Å². The lowest BCUT2D eigenvalue weighted by Gasteiger charge is -2.10. The fourth-order valence-corrected chi connectivity index (χ4v) is 1.58. The monoisotopic (exact) mass is 207 g/mol. The summed E-state index contributed by atoms with van der Waals surface area (Å²) in [6.45, 7) is 4.00. The van der Waals surface area contributed by atoms with Gasteiger partial charge in [0, 0.05) is 0 Å². The van der Waals surface area contributed by atoms with E-state index >= 15 is 0 Å². The van der Waals surface area contributed by atoms with Gasteiger partial charge in [-0.3, -0.25) is 4.79 Å². The van der Waals surface area contributed by atoms with Crippen LogP contribution in [0, 0.1) is 0 Å². The normalized spacial score (nSPS) is 16.1. The highest BCUT2D eigenvalue weighted by Gasteiger charge is 2.49. The first-order valence-electron chi connectivity index (χ1n) is 5.24. The molecule has 1 aliphatic carbocycles. The summed E-state index contributed by atoms with van der Waals surface area (Å²) in [6, 6.07) is 6.68. The van der Waals surface area contributed by atoms with Crippen molar-refractivity contribution in [2.24, 2.45) is 5.73 Å². The second kappa shape index (κ2) is 4.34. The first-order valence-corrected chi connectivity index (χ1v) is 5.24. The summed E-state index contributed by atoms with van der Waals surface area (Å²) >= 11 is 0.